The van der Waals surface area contributed by atoms with Crippen LogP contribution in [-0.2, 0) is 32.1 Å². The summed E-state index contributed by atoms with van der Waals surface area (Å²) >= 11 is 0. The van der Waals surface area contributed by atoms with Gasteiger partial charge in [0.15, 0.2) is 11.6 Å². The summed E-state index contributed by atoms with van der Waals surface area (Å²) in [5.41, 5.74) is 3.13. The first-order valence-electron chi connectivity index (χ1n) is 14.1. The van der Waals surface area contributed by atoms with Gasteiger partial charge in [0.25, 0.3) is 11.8 Å². The minimum absolute atomic E-state index is 0.108. The predicted molar refractivity (Wildman–Crippen MR) is 155 cm³/mol. The first-order chi connectivity index (χ1) is 20.8. The molecule has 216 valence electrons. The number of piperidine rings is 1. The molecule has 4 amide bonds. The topological polar surface area (TPSA) is 143 Å². The summed E-state index contributed by atoms with van der Waals surface area (Å²) in [6.07, 6.45) is 4.07. The summed E-state index contributed by atoms with van der Waals surface area (Å²) in [6.45, 7) is 0.108. The number of nitrogens with one attached hydrogen (secondary N) is 2. The van der Waals surface area contributed by atoms with Gasteiger partial charge in [0.2, 0.25) is 11.8 Å². The number of fused-ring (bicyclic) bond motifs is 1. The first-order valence-corrected chi connectivity index (χ1v) is 14.1. The largest absolute Gasteiger partial charge is 0.322 e. The lowest BCUT2D eigenvalue weighted by molar-refractivity contribution is -0.137. The molecule has 0 bridgehead atoms. The van der Waals surface area contributed by atoms with Gasteiger partial charge in [0, 0.05) is 55.2 Å². The molecular weight excluding hydrogens is 548 g/mol. The molecule has 1 aromatic heterocycles. The van der Waals surface area contributed by atoms with Gasteiger partial charge in [0.1, 0.15) is 6.04 Å². The Morgan fingerprint density at radius 2 is 1.72 bits per heavy atom. The van der Waals surface area contributed by atoms with E-state index in [1.807, 2.05) is 30.3 Å². The maximum Gasteiger partial charge on any atom is 0.257 e. The second kappa shape index (κ2) is 11.6. The highest BCUT2D eigenvalue weighted by atomic mass is 16.2. The smallest absolute Gasteiger partial charge is 0.257 e. The van der Waals surface area contributed by atoms with E-state index in [-0.39, 0.29) is 79.1 Å². The summed E-state index contributed by atoms with van der Waals surface area (Å²) in [7, 11) is 0. The SMILES string of the molecule is O=C1CCC(N2Cc3c(NC(=O)c4cccnc4CC=C4C(=O)CC(c5ccccc5)CC4=O)cccc3C2=O)C(=O)N1. The Morgan fingerprint density at radius 3 is 2.47 bits per heavy atom. The Morgan fingerprint density at radius 1 is 0.953 bits per heavy atom. The molecule has 2 aromatic carbocycles. The lowest BCUT2D eigenvalue weighted by atomic mass is 9.79. The fourth-order valence-corrected chi connectivity index (χ4v) is 5.98. The molecule has 0 spiro atoms. The molecule has 3 aliphatic rings. The fraction of sp³-hybridized carbons (Fsp3) is 0.242. The Labute approximate surface area is 247 Å². The van der Waals surface area contributed by atoms with Gasteiger partial charge in [-0.25, -0.2) is 0 Å². The highest BCUT2D eigenvalue weighted by Gasteiger charge is 2.40. The molecule has 10 nitrogen and oxygen atoms in total. The minimum atomic E-state index is -0.771. The molecule has 10 heteroatoms. The van der Waals surface area contributed by atoms with Gasteiger partial charge in [-0.2, -0.15) is 0 Å². The van der Waals surface area contributed by atoms with Crippen LogP contribution in [0, 0.1) is 0 Å². The fourth-order valence-electron chi connectivity index (χ4n) is 5.98. The number of rotatable bonds is 6. The minimum Gasteiger partial charge on any atom is -0.322 e. The Hall–Kier alpha value is -5.25. The molecule has 3 aromatic rings. The molecule has 2 aliphatic heterocycles. The van der Waals surface area contributed by atoms with Crippen molar-refractivity contribution in [2.24, 2.45) is 0 Å². The van der Waals surface area contributed by atoms with Crippen molar-refractivity contribution in [3.63, 3.8) is 0 Å². The normalized spacial score (nSPS) is 20.1. The van der Waals surface area contributed by atoms with Gasteiger partial charge in [0.05, 0.1) is 16.8 Å². The Bertz CT molecular complexity index is 1690. The van der Waals surface area contributed by atoms with E-state index in [0.717, 1.165) is 5.56 Å². The van der Waals surface area contributed by atoms with Gasteiger partial charge in [-0.15, -0.1) is 0 Å². The standard InChI is InChI=1S/C33H28N4O6/c38-28-16-20(19-6-2-1-3-7-19)17-29(39)23(28)11-12-25-22(9-5-15-34-25)31(41)35-26-10-4-8-21-24(26)18-37(33(21)43)27-13-14-30(40)36-32(27)42/h1-11,15,20,27H,12-14,16-18H2,(H,35,41)(H,36,40,42). The highest BCUT2D eigenvalue weighted by molar-refractivity contribution is 6.22. The van der Waals surface area contributed by atoms with Crippen LogP contribution < -0.4 is 10.6 Å². The van der Waals surface area contributed by atoms with Gasteiger partial charge in [-0.3, -0.25) is 39.1 Å². The van der Waals surface area contributed by atoms with Crippen molar-refractivity contribution >= 4 is 40.9 Å². The number of allylic oxidation sites excluding steroid dienone is 2. The summed E-state index contributed by atoms with van der Waals surface area (Å²) in [4.78, 5) is 82.2. The van der Waals surface area contributed by atoms with E-state index in [2.05, 4.69) is 15.6 Å². The molecular formula is C33H28N4O6. The van der Waals surface area contributed by atoms with Crippen LogP contribution in [-0.4, -0.2) is 51.1 Å². The maximum atomic E-state index is 13.5. The van der Waals surface area contributed by atoms with E-state index in [1.54, 1.807) is 36.4 Å². The third-order valence-electron chi connectivity index (χ3n) is 8.20. The molecule has 2 N–H and O–H groups in total. The molecule has 0 radical (unpaired) electrons. The van der Waals surface area contributed by atoms with Crippen LogP contribution in [0.4, 0.5) is 5.69 Å². The number of hydrogen-bond acceptors (Lipinski definition) is 7. The van der Waals surface area contributed by atoms with Crippen molar-refractivity contribution < 1.29 is 28.8 Å². The lowest BCUT2D eigenvalue weighted by Crippen LogP contribution is -2.52. The van der Waals surface area contributed by atoms with Crippen LogP contribution in [0.25, 0.3) is 0 Å². The number of pyridine rings is 1. The lowest BCUT2D eigenvalue weighted by Gasteiger charge is -2.29. The molecule has 6 rings (SSSR count). The molecule has 3 heterocycles. The second-order valence-corrected chi connectivity index (χ2v) is 10.9. The summed E-state index contributed by atoms with van der Waals surface area (Å²) in [5.74, 6) is -2.29. The molecule has 1 atom stereocenters. The number of benzene rings is 2. The van der Waals surface area contributed by atoms with E-state index in [9.17, 15) is 28.8 Å². The Balaban J connectivity index is 1.18. The zero-order valence-corrected chi connectivity index (χ0v) is 23.2. The van der Waals surface area contributed by atoms with E-state index < -0.39 is 17.9 Å². The van der Waals surface area contributed by atoms with Crippen LogP contribution in [0.15, 0.2) is 78.5 Å². The van der Waals surface area contributed by atoms with E-state index in [4.69, 9.17) is 0 Å². The number of Topliss-reactive ketones (excluding diaryl/α,β-unsaturated/α-hetero) is 2. The third kappa shape index (κ3) is 5.51. The van der Waals surface area contributed by atoms with Crippen molar-refractivity contribution in [3.05, 3.63) is 106 Å². The number of aromatic nitrogens is 1. The molecule has 1 saturated carbocycles. The summed E-state index contributed by atoms with van der Waals surface area (Å²) < 4.78 is 0. The van der Waals surface area contributed by atoms with Crippen molar-refractivity contribution in [3.8, 4) is 0 Å². The van der Waals surface area contributed by atoms with Crippen LogP contribution in [0.2, 0.25) is 0 Å². The number of anilines is 1. The summed E-state index contributed by atoms with van der Waals surface area (Å²) in [6, 6.07) is 16.9. The average Bonchev–Trinajstić information content (AvgIpc) is 3.34. The highest BCUT2D eigenvalue weighted by Crippen LogP contribution is 2.33. The molecule has 1 saturated heterocycles. The van der Waals surface area contributed by atoms with E-state index >= 15 is 0 Å². The quantitative estimate of drug-likeness (QED) is 0.261. The van der Waals surface area contributed by atoms with E-state index in [0.29, 0.717) is 22.5 Å². The number of nitrogens with zero attached hydrogens (tertiary/aromatic N) is 2. The first kappa shape index (κ1) is 27.9. The second-order valence-electron chi connectivity index (χ2n) is 10.9. The van der Waals surface area contributed by atoms with Crippen LogP contribution in [0.1, 0.15) is 69.1 Å². The van der Waals surface area contributed by atoms with Gasteiger partial charge in [-0.05, 0) is 42.2 Å². The molecule has 2 fully saturated rings. The number of imide groups is 1. The van der Waals surface area contributed by atoms with Crippen molar-refractivity contribution in [1.82, 2.24) is 15.2 Å². The van der Waals surface area contributed by atoms with Crippen molar-refractivity contribution in [2.45, 2.75) is 50.6 Å². The number of hydrogen-bond donors (Lipinski definition) is 2. The number of carbonyl (C=O) groups is 6. The number of amides is 4. The van der Waals surface area contributed by atoms with Crippen LogP contribution in [0.5, 0.6) is 0 Å². The number of ketones is 2. The molecule has 1 unspecified atom stereocenters. The zero-order valence-electron chi connectivity index (χ0n) is 23.2. The Kier molecular flexibility index (Phi) is 7.50. The van der Waals surface area contributed by atoms with E-state index in [1.165, 1.54) is 11.1 Å². The van der Waals surface area contributed by atoms with Crippen LogP contribution >= 0.6 is 0 Å². The third-order valence-corrected chi connectivity index (χ3v) is 8.20. The molecule has 43 heavy (non-hydrogen) atoms. The predicted octanol–water partition coefficient (Wildman–Crippen LogP) is 3.28. The van der Waals surface area contributed by atoms with Gasteiger partial charge < -0.3 is 10.2 Å². The van der Waals surface area contributed by atoms with Crippen LogP contribution in [0.3, 0.4) is 0 Å². The molecule has 1 aliphatic carbocycles. The van der Waals surface area contributed by atoms with Gasteiger partial charge >= 0.3 is 0 Å². The van der Waals surface area contributed by atoms with Crippen molar-refractivity contribution in [2.75, 3.05) is 5.32 Å². The number of carbonyl (C=O) groups excluding carboxylic acids is 6. The summed E-state index contributed by atoms with van der Waals surface area (Å²) in [5, 5.41) is 5.16. The average molecular weight is 577 g/mol. The van der Waals surface area contributed by atoms with Crippen molar-refractivity contribution in [1.29, 1.82) is 0 Å². The zero-order chi connectivity index (χ0) is 30.1. The monoisotopic (exact) mass is 576 g/mol. The van der Waals surface area contributed by atoms with Gasteiger partial charge in [-0.1, -0.05) is 42.5 Å². The maximum absolute atomic E-state index is 13.5.